The number of nitro groups is 1. The van der Waals surface area contributed by atoms with Crippen molar-refractivity contribution >= 4 is 23.1 Å². The van der Waals surface area contributed by atoms with Crippen LogP contribution >= 0.6 is 11.8 Å². The van der Waals surface area contributed by atoms with Crippen LogP contribution in [-0.4, -0.2) is 16.7 Å². The number of anilines is 1. The largest absolute Gasteiger partial charge is 0.380 e. The standard InChI is InChI=1S/C16H24N2O2S/c1-3-17-16-13(7-5-9-15(16)18(19)20)11-21-14-8-4-6-12(2)10-14/h5,7,9,12,14,17H,3-4,6,8,10-11H2,1-2H3. The number of rotatable bonds is 6. The van der Waals surface area contributed by atoms with Crippen molar-refractivity contribution in [2.75, 3.05) is 11.9 Å². The lowest BCUT2D eigenvalue weighted by Gasteiger charge is -2.26. The molecule has 0 aliphatic heterocycles. The number of hydrogen-bond donors (Lipinski definition) is 1. The van der Waals surface area contributed by atoms with Crippen LogP contribution in [0.15, 0.2) is 18.2 Å². The lowest BCUT2D eigenvalue weighted by Crippen LogP contribution is -2.15. The van der Waals surface area contributed by atoms with Gasteiger partial charge in [0, 0.05) is 23.6 Å². The van der Waals surface area contributed by atoms with Crippen molar-refractivity contribution in [3.05, 3.63) is 33.9 Å². The van der Waals surface area contributed by atoms with Gasteiger partial charge in [-0.15, -0.1) is 0 Å². The Labute approximate surface area is 130 Å². The van der Waals surface area contributed by atoms with Crippen LogP contribution in [0.2, 0.25) is 0 Å². The second kappa shape index (κ2) is 7.69. The molecule has 0 amide bonds. The van der Waals surface area contributed by atoms with E-state index in [1.807, 2.05) is 24.8 Å². The molecule has 2 rings (SSSR count). The molecule has 2 unspecified atom stereocenters. The predicted molar refractivity (Wildman–Crippen MR) is 90.0 cm³/mol. The maximum atomic E-state index is 11.2. The van der Waals surface area contributed by atoms with Crippen LogP contribution < -0.4 is 5.32 Å². The zero-order valence-electron chi connectivity index (χ0n) is 12.8. The summed E-state index contributed by atoms with van der Waals surface area (Å²) in [6.07, 6.45) is 5.21. The van der Waals surface area contributed by atoms with Crippen LogP contribution in [-0.2, 0) is 5.75 Å². The molecule has 0 bridgehead atoms. The first-order chi connectivity index (χ1) is 10.1. The van der Waals surface area contributed by atoms with E-state index in [0.29, 0.717) is 17.5 Å². The third kappa shape index (κ3) is 4.37. The van der Waals surface area contributed by atoms with Gasteiger partial charge in [-0.2, -0.15) is 11.8 Å². The minimum absolute atomic E-state index is 0.187. The van der Waals surface area contributed by atoms with Gasteiger partial charge in [0.25, 0.3) is 5.69 Å². The maximum Gasteiger partial charge on any atom is 0.292 e. The van der Waals surface area contributed by atoms with Crippen LogP contribution in [0.25, 0.3) is 0 Å². The van der Waals surface area contributed by atoms with Crippen molar-refractivity contribution in [3.63, 3.8) is 0 Å². The molecule has 0 spiro atoms. The highest BCUT2D eigenvalue weighted by Crippen LogP contribution is 2.36. The Morgan fingerprint density at radius 1 is 1.43 bits per heavy atom. The molecule has 1 aromatic rings. The van der Waals surface area contributed by atoms with Gasteiger partial charge in [0.15, 0.2) is 0 Å². The van der Waals surface area contributed by atoms with Gasteiger partial charge in [0.05, 0.1) is 4.92 Å². The molecule has 0 saturated heterocycles. The van der Waals surface area contributed by atoms with E-state index in [-0.39, 0.29) is 10.6 Å². The van der Waals surface area contributed by atoms with Crippen molar-refractivity contribution in [2.24, 2.45) is 5.92 Å². The summed E-state index contributed by atoms with van der Waals surface area (Å²) < 4.78 is 0. The molecule has 0 radical (unpaired) electrons. The monoisotopic (exact) mass is 308 g/mol. The third-order valence-corrected chi connectivity index (χ3v) is 5.42. The number of hydrogen-bond acceptors (Lipinski definition) is 4. The average molecular weight is 308 g/mol. The molecular formula is C16H24N2O2S. The fraction of sp³-hybridized carbons (Fsp3) is 0.625. The molecule has 1 saturated carbocycles. The minimum atomic E-state index is -0.297. The molecule has 0 heterocycles. The molecule has 1 aliphatic rings. The molecule has 1 N–H and O–H groups in total. The molecular weight excluding hydrogens is 284 g/mol. The molecule has 5 heteroatoms. The smallest absolute Gasteiger partial charge is 0.292 e. The van der Waals surface area contributed by atoms with Crippen molar-refractivity contribution in [1.29, 1.82) is 0 Å². The Balaban J connectivity index is 2.08. The zero-order valence-corrected chi connectivity index (χ0v) is 13.6. The van der Waals surface area contributed by atoms with E-state index in [0.717, 1.165) is 17.2 Å². The van der Waals surface area contributed by atoms with E-state index >= 15 is 0 Å². The number of para-hydroxylation sites is 1. The van der Waals surface area contributed by atoms with Crippen molar-refractivity contribution < 1.29 is 4.92 Å². The van der Waals surface area contributed by atoms with Gasteiger partial charge in [-0.1, -0.05) is 31.9 Å². The summed E-state index contributed by atoms with van der Waals surface area (Å²) >= 11 is 1.95. The van der Waals surface area contributed by atoms with Crippen LogP contribution in [0.1, 0.15) is 45.1 Å². The van der Waals surface area contributed by atoms with Crippen molar-refractivity contribution in [2.45, 2.75) is 50.5 Å². The highest BCUT2D eigenvalue weighted by Gasteiger charge is 2.21. The van der Waals surface area contributed by atoms with E-state index in [9.17, 15) is 10.1 Å². The van der Waals surface area contributed by atoms with Crippen LogP contribution in [0.4, 0.5) is 11.4 Å². The van der Waals surface area contributed by atoms with Gasteiger partial charge in [0.1, 0.15) is 5.69 Å². The zero-order chi connectivity index (χ0) is 15.2. The fourth-order valence-electron chi connectivity index (χ4n) is 2.98. The summed E-state index contributed by atoms with van der Waals surface area (Å²) in [6, 6.07) is 5.37. The molecule has 4 nitrogen and oxygen atoms in total. The van der Waals surface area contributed by atoms with Gasteiger partial charge < -0.3 is 5.32 Å². The van der Waals surface area contributed by atoms with E-state index in [4.69, 9.17) is 0 Å². The summed E-state index contributed by atoms with van der Waals surface area (Å²) in [5, 5.41) is 15.0. The summed E-state index contributed by atoms with van der Waals surface area (Å²) in [6.45, 7) is 4.99. The quantitative estimate of drug-likeness (QED) is 0.603. The van der Waals surface area contributed by atoms with Crippen LogP contribution in [0.3, 0.4) is 0 Å². The molecule has 1 aliphatic carbocycles. The number of nitro benzene ring substituents is 1. The van der Waals surface area contributed by atoms with Crippen LogP contribution in [0.5, 0.6) is 0 Å². The highest BCUT2D eigenvalue weighted by atomic mass is 32.2. The van der Waals surface area contributed by atoms with Crippen molar-refractivity contribution in [1.82, 2.24) is 0 Å². The number of thioether (sulfide) groups is 1. The topological polar surface area (TPSA) is 55.2 Å². The Morgan fingerprint density at radius 2 is 2.24 bits per heavy atom. The highest BCUT2D eigenvalue weighted by molar-refractivity contribution is 7.99. The summed E-state index contributed by atoms with van der Waals surface area (Å²) in [4.78, 5) is 10.9. The predicted octanol–water partition coefficient (Wildman–Crippen LogP) is 4.84. The summed E-state index contributed by atoms with van der Waals surface area (Å²) in [7, 11) is 0. The normalized spacial score (nSPS) is 22.0. The van der Waals surface area contributed by atoms with Crippen molar-refractivity contribution in [3.8, 4) is 0 Å². The van der Waals surface area contributed by atoms with Crippen LogP contribution in [0, 0.1) is 16.0 Å². The van der Waals surface area contributed by atoms with Gasteiger partial charge in [-0.05, 0) is 31.2 Å². The Hall–Kier alpha value is -1.23. The Bertz CT molecular complexity index is 493. The second-order valence-electron chi connectivity index (χ2n) is 5.80. The Kier molecular flexibility index (Phi) is 5.91. The first kappa shape index (κ1) is 16.1. The second-order valence-corrected chi connectivity index (χ2v) is 7.09. The molecule has 116 valence electrons. The van der Waals surface area contributed by atoms with Gasteiger partial charge in [-0.3, -0.25) is 10.1 Å². The SMILES string of the molecule is CCNc1c(CSC2CCCC(C)C2)cccc1[N+](=O)[O-]. The maximum absolute atomic E-state index is 11.2. The Morgan fingerprint density at radius 3 is 2.90 bits per heavy atom. The lowest BCUT2D eigenvalue weighted by molar-refractivity contribution is -0.384. The molecule has 1 aromatic carbocycles. The van der Waals surface area contributed by atoms with Gasteiger partial charge >= 0.3 is 0 Å². The summed E-state index contributed by atoms with van der Waals surface area (Å²) in [5.41, 5.74) is 1.93. The summed E-state index contributed by atoms with van der Waals surface area (Å²) in [5.74, 6) is 1.66. The first-order valence-electron chi connectivity index (χ1n) is 7.73. The average Bonchev–Trinajstić information content (AvgIpc) is 2.46. The fourth-order valence-corrected chi connectivity index (χ4v) is 4.43. The third-order valence-electron chi connectivity index (χ3n) is 4.04. The first-order valence-corrected chi connectivity index (χ1v) is 8.78. The van der Waals surface area contributed by atoms with E-state index < -0.39 is 0 Å². The number of nitrogens with zero attached hydrogens (tertiary/aromatic N) is 1. The van der Waals surface area contributed by atoms with E-state index in [2.05, 4.69) is 12.2 Å². The van der Waals surface area contributed by atoms with Gasteiger partial charge in [0.2, 0.25) is 0 Å². The molecule has 1 fully saturated rings. The molecule has 0 aromatic heterocycles. The number of benzene rings is 1. The molecule has 2 atom stereocenters. The number of nitrogens with one attached hydrogen (secondary N) is 1. The van der Waals surface area contributed by atoms with E-state index in [1.54, 1.807) is 12.1 Å². The van der Waals surface area contributed by atoms with Gasteiger partial charge in [-0.25, -0.2) is 0 Å². The lowest BCUT2D eigenvalue weighted by atomic mass is 9.91. The molecule has 21 heavy (non-hydrogen) atoms. The minimum Gasteiger partial charge on any atom is -0.380 e. The van der Waals surface area contributed by atoms with E-state index in [1.165, 1.54) is 25.7 Å².